The molecular weight excluding hydrogens is 190 g/mol. The molecule has 0 amide bonds. The lowest BCUT2D eigenvalue weighted by molar-refractivity contribution is 0.0501. The van der Waals surface area contributed by atoms with Crippen molar-refractivity contribution in [3.63, 3.8) is 0 Å². The molecule has 1 N–H and O–H groups in total. The summed E-state index contributed by atoms with van der Waals surface area (Å²) in [6, 6.07) is 7.34. The number of benzene rings is 1. The van der Waals surface area contributed by atoms with Crippen molar-refractivity contribution in [3.8, 4) is 0 Å². The Labute approximate surface area is 90.4 Å². The number of esters is 1. The number of carbonyl (C=O) groups excluding carboxylic acids is 1. The van der Waals surface area contributed by atoms with Gasteiger partial charge in [-0.1, -0.05) is 25.5 Å². The number of hydrogen-bond acceptors (Lipinski definition) is 3. The van der Waals surface area contributed by atoms with Crippen LogP contribution in [0.3, 0.4) is 0 Å². The summed E-state index contributed by atoms with van der Waals surface area (Å²) in [5.74, 6) is -0.256. The van der Waals surface area contributed by atoms with Crippen molar-refractivity contribution in [1.82, 2.24) is 0 Å². The lowest BCUT2D eigenvalue weighted by Gasteiger charge is -2.08. The topological polar surface area (TPSA) is 38.3 Å². The molecule has 0 spiro atoms. The van der Waals surface area contributed by atoms with Crippen LogP contribution in [-0.2, 0) is 4.74 Å². The summed E-state index contributed by atoms with van der Waals surface area (Å²) >= 11 is 0. The predicted molar refractivity (Wildman–Crippen MR) is 61.2 cm³/mol. The molecule has 1 aromatic carbocycles. The molecular formula is C12H17NO2. The third-order valence-electron chi connectivity index (χ3n) is 2.15. The Morgan fingerprint density at radius 3 is 2.80 bits per heavy atom. The molecule has 0 aliphatic heterocycles. The average molecular weight is 207 g/mol. The fourth-order valence-electron chi connectivity index (χ4n) is 1.27. The number of carbonyl (C=O) groups is 1. The molecule has 0 fully saturated rings. The maximum absolute atomic E-state index is 11.6. The average Bonchev–Trinajstić information content (AvgIpc) is 2.29. The van der Waals surface area contributed by atoms with Gasteiger partial charge in [-0.3, -0.25) is 0 Å². The number of rotatable bonds is 5. The minimum atomic E-state index is -0.256. The Morgan fingerprint density at radius 1 is 1.40 bits per heavy atom. The van der Waals surface area contributed by atoms with Crippen molar-refractivity contribution in [2.75, 3.05) is 19.0 Å². The Hall–Kier alpha value is -1.51. The smallest absolute Gasteiger partial charge is 0.340 e. The van der Waals surface area contributed by atoms with Crippen LogP contribution in [0, 0.1) is 0 Å². The van der Waals surface area contributed by atoms with Crippen LogP contribution < -0.4 is 5.32 Å². The molecule has 15 heavy (non-hydrogen) atoms. The number of anilines is 1. The van der Waals surface area contributed by atoms with E-state index in [-0.39, 0.29) is 5.97 Å². The molecule has 0 saturated carbocycles. The lowest BCUT2D eigenvalue weighted by atomic mass is 10.2. The highest BCUT2D eigenvalue weighted by Crippen LogP contribution is 2.15. The van der Waals surface area contributed by atoms with Gasteiger partial charge < -0.3 is 10.1 Å². The maximum Gasteiger partial charge on any atom is 0.340 e. The largest absolute Gasteiger partial charge is 0.462 e. The highest BCUT2D eigenvalue weighted by Gasteiger charge is 2.10. The first-order chi connectivity index (χ1) is 7.29. The Morgan fingerprint density at radius 2 is 2.13 bits per heavy atom. The summed E-state index contributed by atoms with van der Waals surface area (Å²) in [5, 5.41) is 2.97. The van der Waals surface area contributed by atoms with Crippen molar-refractivity contribution in [2.24, 2.45) is 0 Å². The van der Waals surface area contributed by atoms with Gasteiger partial charge in [0.05, 0.1) is 12.2 Å². The quantitative estimate of drug-likeness (QED) is 0.596. The van der Waals surface area contributed by atoms with Crippen LogP contribution >= 0.6 is 0 Å². The minimum Gasteiger partial charge on any atom is -0.462 e. The SMILES string of the molecule is CCCCOC(=O)c1ccccc1NC. The van der Waals surface area contributed by atoms with E-state index in [0.29, 0.717) is 12.2 Å². The molecule has 0 radical (unpaired) electrons. The van der Waals surface area contributed by atoms with Gasteiger partial charge in [-0.15, -0.1) is 0 Å². The van der Waals surface area contributed by atoms with E-state index in [1.54, 1.807) is 13.1 Å². The van der Waals surface area contributed by atoms with Crippen LogP contribution in [0.5, 0.6) is 0 Å². The predicted octanol–water partition coefficient (Wildman–Crippen LogP) is 2.69. The fourth-order valence-corrected chi connectivity index (χ4v) is 1.27. The highest BCUT2D eigenvalue weighted by molar-refractivity contribution is 5.95. The zero-order valence-electron chi connectivity index (χ0n) is 9.25. The van der Waals surface area contributed by atoms with E-state index in [1.807, 2.05) is 18.2 Å². The molecule has 1 aromatic rings. The molecule has 0 unspecified atom stereocenters. The summed E-state index contributed by atoms with van der Waals surface area (Å²) in [6.45, 7) is 2.56. The van der Waals surface area contributed by atoms with Crippen LogP contribution in [0.4, 0.5) is 5.69 Å². The number of hydrogen-bond donors (Lipinski definition) is 1. The van der Waals surface area contributed by atoms with Crippen LogP contribution in [0.15, 0.2) is 24.3 Å². The van der Waals surface area contributed by atoms with Gasteiger partial charge >= 0.3 is 5.97 Å². The van der Waals surface area contributed by atoms with Gasteiger partial charge in [0.2, 0.25) is 0 Å². The summed E-state index contributed by atoms with van der Waals surface area (Å²) in [4.78, 5) is 11.6. The molecule has 82 valence electrons. The second-order valence-corrected chi connectivity index (χ2v) is 3.29. The van der Waals surface area contributed by atoms with Crippen molar-refractivity contribution < 1.29 is 9.53 Å². The molecule has 3 nitrogen and oxygen atoms in total. The van der Waals surface area contributed by atoms with Crippen molar-refractivity contribution in [1.29, 1.82) is 0 Å². The van der Waals surface area contributed by atoms with Crippen LogP contribution in [0.2, 0.25) is 0 Å². The highest BCUT2D eigenvalue weighted by atomic mass is 16.5. The van der Waals surface area contributed by atoms with Crippen LogP contribution in [0.1, 0.15) is 30.1 Å². The Bertz CT molecular complexity index is 323. The van der Waals surface area contributed by atoms with Gasteiger partial charge in [0, 0.05) is 12.7 Å². The zero-order valence-corrected chi connectivity index (χ0v) is 9.25. The Balaban J connectivity index is 2.64. The molecule has 0 aliphatic carbocycles. The third-order valence-corrected chi connectivity index (χ3v) is 2.15. The first kappa shape index (κ1) is 11.6. The Kier molecular flexibility index (Phi) is 4.68. The van der Waals surface area contributed by atoms with Crippen LogP contribution in [0.25, 0.3) is 0 Å². The zero-order chi connectivity index (χ0) is 11.1. The second kappa shape index (κ2) is 6.06. The molecule has 0 aliphatic rings. The lowest BCUT2D eigenvalue weighted by Crippen LogP contribution is -2.08. The van der Waals surface area contributed by atoms with E-state index in [0.717, 1.165) is 18.5 Å². The number of ether oxygens (including phenoxy) is 1. The standard InChI is InChI=1S/C12H17NO2/c1-3-4-9-15-12(14)10-7-5-6-8-11(10)13-2/h5-8,13H,3-4,9H2,1-2H3. The van der Waals surface area contributed by atoms with Crippen LogP contribution in [-0.4, -0.2) is 19.6 Å². The first-order valence-electron chi connectivity index (χ1n) is 5.23. The normalized spacial score (nSPS) is 9.73. The fraction of sp³-hybridized carbons (Fsp3) is 0.417. The van der Waals surface area contributed by atoms with E-state index in [1.165, 1.54) is 0 Å². The maximum atomic E-state index is 11.6. The van der Waals surface area contributed by atoms with Gasteiger partial charge in [0.15, 0.2) is 0 Å². The van der Waals surface area contributed by atoms with Gasteiger partial charge in [-0.05, 0) is 18.6 Å². The van der Waals surface area contributed by atoms with Gasteiger partial charge in [-0.2, -0.15) is 0 Å². The molecule has 1 rings (SSSR count). The van der Waals surface area contributed by atoms with Gasteiger partial charge in [0.1, 0.15) is 0 Å². The van der Waals surface area contributed by atoms with E-state index in [9.17, 15) is 4.79 Å². The van der Waals surface area contributed by atoms with E-state index >= 15 is 0 Å². The van der Waals surface area contributed by atoms with Gasteiger partial charge in [-0.25, -0.2) is 4.79 Å². The van der Waals surface area contributed by atoms with Crippen molar-refractivity contribution in [2.45, 2.75) is 19.8 Å². The summed E-state index contributed by atoms with van der Waals surface area (Å²) in [7, 11) is 1.79. The molecule has 3 heteroatoms. The van der Waals surface area contributed by atoms with E-state index < -0.39 is 0 Å². The number of unbranched alkanes of at least 4 members (excludes halogenated alkanes) is 1. The minimum absolute atomic E-state index is 0.256. The van der Waals surface area contributed by atoms with Gasteiger partial charge in [0.25, 0.3) is 0 Å². The van der Waals surface area contributed by atoms with E-state index in [2.05, 4.69) is 12.2 Å². The summed E-state index contributed by atoms with van der Waals surface area (Å²) < 4.78 is 5.13. The molecule has 0 atom stereocenters. The number of nitrogens with one attached hydrogen (secondary N) is 1. The molecule has 0 saturated heterocycles. The van der Waals surface area contributed by atoms with Crippen molar-refractivity contribution in [3.05, 3.63) is 29.8 Å². The van der Waals surface area contributed by atoms with E-state index in [4.69, 9.17) is 4.74 Å². The second-order valence-electron chi connectivity index (χ2n) is 3.29. The summed E-state index contributed by atoms with van der Waals surface area (Å²) in [5.41, 5.74) is 1.40. The number of para-hydroxylation sites is 1. The molecule has 0 bridgehead atoms. The summed E-state index contributed by atoms with van der Waals surface area (Å²) in [6.07, 6.45) is 1.94. The monoisotopic (exact) mass is 207 g/mol. The third kappa shape index (κ3) is 3.27. The first-order valence-corrected chi connectivity index (χ1v) is 5.23. The molecule has 0 aromatic heterocycles. The molecule has 0 heterocycles. The van der Waals surface area contributed by atoms with Crippen molar-refractivity contribution >= 4 is 11.7 Å².